The first kappa shape index (κ1) is 12.7. The lowest BCUT2D eigenvalue weighted by Crippen LogP contribution is -2.33. The van der Waals surface area contributed by atoms with Crippen LogP contribution in [-0.4, -0.2) is 34.6 Å². The van der Waals surface area contributed by atoms with Crippen molar-refractivity contribution >= 4 is 5.97 Å². The zero-order valence-electron chi connectivity index (χ0n) is 11.2. The molecule has 3 atom stereocenters. The van der Waals surface area contributed by atoms with Crippen LogP contribution in [0.4, 0.5) is 0 Å². The number of aliphatic carboxylic acids is 1. The Bertz CT molecular complexity index is 445. The molecule has 0 saturated carbocycles. The van der Waals surface area contributed by atoms with E-state index in [2.05, 4.69) is 29.2 Å². The molecule has 2 heterocycles. The van der Waals surface area contributed by atoms with Crippen LogP contribution in [0.5, 0.6) is 0 Å². The molecule has 0 spiro atoms. The molecule has 3 rings (SSSR count). The van der Waals surface area contributed by atoms with Gasteiger partial charge in [0.05, 0.1) is 5.92 Å². The van der Waals surface area contributed by atoms with Crippen molar-refractivity contribution in [3.63, 3.8) is 0 Å². The van der Waals surface area contributed by atoms with Gasteiger partial charge in [-0.25, -0.2) is 0 Å². The Hall–Kier alpha value is -1.35. The fraction of sp³-hybridized carbons (Fsp3) is 0.562. The molecule has 2 aliphatic rings. The van der Waals surface area contributed by atoms with Crippen molar-refractivity contribution in [1.82, 2.24) is 4.90 Å². The van der Waals surface area contributed by atoms with Gasteiger partial charge in [-0.15, -0.1) is 0 Å². The summed E-state index contributed by atoms with van der Waals surface area (Å²) in [5.74, 6) is -0.712. The minimum absolute atomic E-state index is 0.115. The number of hydrogen-bond acceptors (Lipinski definition) is 2. The monoisotopic (exact) mass is 259 g/mol. The molecule has 2 fully saturated rings. The highest BCUT2D eigenvalue weighted by Crippen LogP contribution is 2.41. The molecule has 3 heteroatoms. The lowest BCUT2D eigenvalue weighted by atomic mass is 9.89. The molecular weight excluding hydrogens is 238 g/mol. The van der Waals surface area contributed by atoms with Gasteiger partial charge in [0.2, 0.25) is 0 Å². The molecule has 0 aliphatic carbocycles. The van der Waals surface area contributed by atoms with E-state index in [1.54, 1.807) is 0 Å². The largest absolute Gasteiger partial charge is 0.481 e. The Morgan fingerprint density at radius 2 is 2.05 bits per heavy atom. The molecule has 3 unspecified atom stereocenters. The highest BCUT2D eigenvalue weighted by atomic mass is 16.4. The van der Waals surface area contributed by atoms with Crippen LogP contribution < -0.4 is 0 Å². The van der Waals surface area contributed by atoms with Gasteiger partial charge in [0.15, 0.2) is 0 Å². The predicted molar refractivity (Wildman–Crippen MR) is 74.0 cm³/mol. The molecule has 102 valence electrons. The van der Waals surface area contributed by atoms with Crippen molar-refractivity contribution in [1.29, 1.82) is 0 Å². The lowest BCUT2D eigenvalue weighted by molar-refractivity contribution is -0.142. The van der Waals surface area contributed by atoms with Crippen molar-refractivity contribution < 1.29 is 9.90 Å². The van der Waals surface area contributed by atoms with E-state index in [1.165, 1.54) is 12.0 Å². The third-order valence-electron chi connectivity index (χ3n) is 4.72. The van der Waals surface area contributed by atoms with Crippen molar-refractivity contribution in [3.8, 4) is 0 Å². The first-order valence-corrected chi connectivity index (χ1v) is 7.28. The molecule has 0 aromatic heterocycles. The zero-order valence-corrected chi connectivity index (χ0v) is 11.2. The van der Waals surface area contributed by atoms with Gasteiger partial charge in [0.25, 0.3) is 0 Å². The molecule has 2 bridgehead atoms. The molecule has 1 N–H and O–H groups in total. The Morgan fingerprint density at radius 3 is 2.74 bits per heavy atom. The van der Waals surface area contributed by atoms with Crippen molar-refractivity contribution in [2.24, 2.45) is 5.92 Å². The van der Waals surface area contributed by atoms with E-state index in [9.17, 15) is 9.90 Å². The van der Waals surface area contributed by atoms with E-state index >= 15 is 0 Å². The summed E-state index contributed by atoms with van der Waals surface area (Å²) >= 11 is 0. The summed E-state index contributed by atoms with van der Waals surface area (Å²) in [6.45, 7) is 1.05. The zero-order chi connectivity index (χ0) is 13.2. The topological polar surface area (TPSA) is 40.5 Å². The highest BCUT2D eigenvalue weighted by molar-refractivity contribution is 5.71. The van der Waals surface area contributed by atoms with Crippen LogP contribution in [-0.2, 0) is 11.2 Å². The second-order valence-electron chi connectivity index (χ2n) is 5.81. The van der Waals surface area contributed by atoms with Crippen LogP contribution in [0.25, 0.3) is 0 Å². The Balaban J connectivity index is 1.53. The van der Waals surface area contributed by atoms with Gasteiger partial charge in [-0.2, -0.15) is 0 Å². The molecule has 2 saturated heterocycles. The summed E-state index contributed by atoms with van der Waals surface area (Å²) in [7, 11) is 0. The Labute approximate surface area is 114 Å². The van der Waals surface area contributed by atoms with Crippen molar-refractivity contribution in [2.45, 2.75) is 44.2 Å². The molecule has 19 heavy (non-hydrogen) atoms. The van der Waals surface area contributed by atoms with Gasteiger partial charge in [-0.3, -0.25) is 9.69 Å². The summed E-state index contributed by atoms with van der Waals surface area (Å²) in [6, 6.07) is 11.4. The van der Waals surface area contributed by atoms with E-state index in [4.69, 9.17) is 0 Å². The summed E-state index contributed by atoms with van der Waals surface area (Å²) in [5, 5.41) is 9.23. The van der Waals surface area contributed by atoms with Crippen LogP contribution in [0.2, 0.25) is 0 Å². The number of carboxylic acids is 1. The van der Waals surface area contributed by atoms with Crippen molar-refractivity contribution in [3.05, 3.63) is 35.9 Å². The normalized spacial score (nSPS) is 29.8. The molecule has 1 aromatic carbocycles. The minimum atomic E-state index is -0.597. The van der Waals surface area contributed by atoms with Crippen LogP contribution >= 0.6 is 0 Å². The molecular formula is C16H21NO2. The van der Waals surface area contributed by atoms with E-state index in [0.29, 0.717) is 12.1 Å². The van der Waals surface area contributed by atoms with E-state index in [-0.39, 0.29) is 5.92 Å². The van der Waals surface area contributed by atoms with Gasteiger partial charge in [0, 0.05) is 12.1 Å². The smallest absolute Gasteiger partial charge is 0.308 e. The maximum Gasteiger partial charge on any atom is 0.308 e. The molecule has 3 nitrogen and oxygen atoms in total. The molecule has 0 amide bonds. The summed E-state index contributed by atoms with van der Waals surface area (Å²) in [5.41, 5.74) is 1.38. The second kappa shape index (κ2) is 5.33. The third kappa shape index (κ3) is 2.52. The van der Waals surface area contributed by atoms with Gasteiger partial charge in [-0.1, -0.05) is 30.3 Å². The number of hydrogen-bond donors (Lipinski definition) is 1. The average Bonchev–Trinajstić information content (AvgIpc) is 2.97. The van der Waals surface area contributed by atoms with Gasteiger partial charge < -0.3 is 5.11 Å². The number of fused-ring (bicyclic) bond motifs is 2. The fourth-order valence-electron chi connectivity index (χ4n) is 3.83. The summed E-state index contributed by atoms with van der Waals surface area (Å²) in [4.78, 5) is 13.7. The van der Waals surface area contributed by atoms with Crippen LogP contribution in [0, 0.1) is 5.92 Å². The third-order valence-corrected chi connectivity index (χ3v) is 4.72. The second-order valence-corrected chi connectivity index (χ2v) is 5.81. The number of benzene rings is 1. The molecule has 2 aliphatic heterocycles. The maximum absolute atomic E-state index is 11.2. The first-order chi connectivity index (χ1) is 9.25. The van der Waals surface area contributed by atoms with E-state index in [0.717, 1.165) is 32.2 Å². The van der Waals surface area contributed by atoms with Crippen LogP contribution in [0.1, 0.15) is 31.2 Å². The predicted octanol–water partition coefficient (Wildman–Crippen LogP) is 2.56. The standard InChI is InChI=1S/C16H21NO2/c18-16(19)14-11-13-8-9-15(14)17(13)10-4-7-12-5-2-1-3-6-12/h1-3,5-6,13-15H,4,7-11H2,(H,18,19). The number of aryl methyl sites for hydroxylation is 1. The Kier molecular flexibility index (Phi) is 3.56. The van der Waals surface area contributed by atoms with E-state index < -0.39 is 5.97 Å². The number of carboxylic acid groups (broad SMARTS) is 1. The minimum Gasteiger partial charge on any atom is -0.481 e. The molecule has 1 aromatic rings. The number of carbonyl (C=O) groups is 1. The highest BCUT2D eigenvalue weighted by Gasteiger charge is 2.48. The number of rotatable bonds is 5. The van der Waals surface area contributed by atoms with Crippen LogP contribution in [0.3, 0.4) is 0 Å². The SMILES string of the molecule is O=C(O)C1CC2CCC1N2CCCc1ccccc1. The van der Waals surface area contributed by atoms with E-state index in [1.807, 2.05) is 6.07 Å². The molecule has 0 radical (unpaired) electrons. The summed E-state index contributed by atoms with van der Waals surface area (Å²) in [6.07, 6.45) is 5.36. The van der Waals surface area contributed by atoms with Gasteiger partial charge >= 0.3 is 5.97 Å². The summed E-state index contributed by atoms with van der Waals surface area (Å²) < 4.78 is 0. The number of nitrogens with zero attached hydrogens (tertiary/aromatic N) is 1. The first-order valence-electron chi connectivity index (χ1n) is 7.28. The quantitative estimate of drug-likeness (QED) is 0.883. The fourth-order valence-corrected chi connectivity index (χ4v) is 3.83. The maximum atomic E-state index is 11.2. The van der Waals surface area contributed by atoms with Gasteiger partial charge in [0.1, 0.15) is 0 Å². The van der Waals surface area contributed by atoms with Gasteiger partial charge in [-0.05, 0) is 44.2 Å². The average molecular weight is 259 g/mol. The lowest BCUT2D eigenvalue weighted by Gasteiger charge is -2.22. The van der Waals surface area contributed by atoms with Crippen molar-refractivity contribution in [2.75, 3.05) is 6.54 Å². The Morgan fingerprint density at radius 1 is 1.26 bits per heavy atom. The van der Waals surface area contributed by atoms with Crippen LogP contribution in [0.15, 0.2) is 30.3 Å².